The van der Waals surface area contributed by atoms with E-state index in [0.29, 0.717) is 0 Å². The van der Waals surface area contributed by atoms with Crippen molar-refractivity contribution in [3.8, 4) is 0 Å². The van der Waals surface area contributed by atoms with Gasteiger partial charge in [-0.3, -0.25) is 10.3 Å². The predicted octanol–water partition coefficient (Wildman–Crippen LogP) is 0.943. The van der Waals surface area contributed by atoms with E-state index in [1.54, 1.807) is 28.0 Å². The number of hydrazine groups is 1. The van der Waals surface area contributed by atoms with Crippen molar-refractivity contribution in [3.63, 3.8) is 0 Å². The molecule has 3 nitrogen and oxygen atoms in total. The first kappa shape index (κ1) is 15.1. The van der Waals surface area contributed by atoms with Gasteiger partial charge in [0.2, 0.25) is 7.98 Å². The van der Waals surface area contributed by atoms with Crippen LogP contribution in [0.2, 0.25) is 0 Å². The summed E-state index contributed by atoms with van der Waals surface area (Å²) in [6.45, 7) is 3.65. The van der Waals surface area contributed by atoms with Crippen molar-refractivity contribution in [1.82, 2.24) is 15.3 Å². The van der Waals surface area contributed by atoms with Crippen LogP contribution in [0.4, 0.5) is 0 Å². The van der Waals surface area contributed by atoms with E-state index in [9.17, 15) is 0 Å². The molecule has 1 aromatic heterocycles. The summed E-state index contributed by atoms with van der Waals surface area (Å²) in [6.07, 6.45) is 2.78. The maximum Gasteiger partial charge on any atom is 0.206 e. The average Bonchev–Trinajstić information content (AvgIpc) is 2.64. The van der Waals surface area contributed by atoms with Crippen LogP contribution in [0.3, 0.4) is 0 Å². The molecule has 0 aliphatic carbocycles. The standard InChI is InChI=1S/C7H11BN3S2.Y/c1-2-11(8)10-4-6-13-7-9-3-5-12-7;/h5,10H,2,4,6H2,1H3;/q-1;. The van der Waals surface area contributed by atoms with E-state index in [1.165, 1.54) is 0 Å². The minimum absolute atomic E-state index is 0. The van der Waals surface area contributed by atoms with Crippen LogP contribution in [0.25, 0.3) is 0 Å². The molecule has 0 bridgehead atoms. The predicted molar refractivity (Wildman–Crippen MR) is 57.8 cm³/mol. The van der Waals surface area contributed by atoms with E-state index in [0.717, 1.165) is 23.2 Å². The van der Waals surface area contributed by atoms with Crippen LogP contribution in [-0.2, 0) is 32.7 Å². The van der Waals surface area contributed by atoms with Gasteiger partial charge in [0.05, 0.1) is 0 Å². The molecule has 73 valence electrons. The van der Waals surface area contributed by atoms with E-state index >= 15 is 0 Å². The fourth-order valence-corrected chi connectivity index (χ4v) is 2.15. The fraction of sp³-hybridized carbons (Fsp3) is 0.571. The molecule has 7 heteroatoms. The first-order valence-electron chi connectivity index (χ1n) is 4.03. The summed E-state index contributed by atoms with van der Waals surface area (Å²) >= 11 is 3.32. The Kier molecular flexibility index (Phi) is 10.0. The second kappa shape index (κ2) is 9.31. The van der Waals surface area contributed by atoms with E-state index in [-0.39, 0.29) is 32.7 Å². The molecule has 0 aromatic carbocycles. The SMILES string of the molecule is [B]N(CC)NCCSc1n[c-]cs1.[Y]. The molecule has 0 aliphatic heterocycles. The van der Waals surface area contributed by atoms with Crippen molar-refractivity contribution >= 4 is 31.1 Å². The average molecular weight is 301 g/mol. The van der Waals surface area contributed by atoms with Crippen LogP contribution in [0.1, 0.15) is 6.92 Å². The molecule has 0 spiro atoms. The van der Waals surface area contributed by atoms with Crippen LogP contribution >= 0.6 is 23.1 Å². The molecular weight excluding hydrogens is 290 g/mol. The Balaban J connectivity index is 0.00000169. The first-order chi connectivity index (χ1) is 6.33. The Labute approximate surface area is 120 Å². The van der Waals surface area contributed by atoms with Gasteiger partial charge in [0.25, 0.3) is 0 Å². The minimum atomic E-state index is 0. The molecule has 14 heavy (non-hydrogen) atoms. The second-order valence-corrected chi connectivity index (χ2v) is 4.49. The molecule has 0 fully saturated rings. The fourth-order valence-electron chi connectivity index (χ4n) is 0.688. The molecule has 0 amide bonds. The van der Waals surface area contributed by atoms with Crippen molar-refractivity contribution < 1.29 is 32.7 Å². The Morgan fingerprint density at radius 2 is 2.57 bits per heavy atom. The number of rotatable bonds is 6. The van der Waals surface area contributed by atoms with Gasteiger partial charge < -0.3 is 4.98 Å². The monoisotopic (exact) mass is 301 g/mol. The molecule has 3 radical (unpaired) electrons. The minimum Gasteiger partial charge on any atom is -0.437 e. The number of hydrogen-bond donors (Lipinski definition) is 1. The van der Waals surface area contributed by atoms with Crippen LogP contribution in [0.15, 0.2) is 9.72 Å². The maximum absolute atomic E-state index is 5.53. The van der Waals surface area contributed by atoms with E-state index in [2.05, 4.69) is 16.6 Å². The van der Waals surface area contributed by atoms with Gasteiger partial charge in [0.1, 0.15) is 0 Å². The van der Waals surface area contributed by atoms with Crippen molar-refractivity contribution in [1.29, 1.82) is 0 Å². The summed E-state index contributed by atoms with van der Waals surface area (Å²) in [7, 11) is 5.53. The number of hydrogen-bond acceptors (Lipinski definition) is 5. The number of nitrogens with zero attached hydrogens (tertiary/aromatic N) is 2. The summed E-state index contributed by atoms with van der Waals surface area (Å²) < 4.78 is 1.06. The molecule has 0 saturated heterocycles. The number of aromatic nitrogens is 1. The molecule has 1 rings (SSSR count). The third-order valence-electron chi connectivity index (χ3n) is 1.35. The Morgan fingerprint density at radius 3 is 3.14 bits per heavy atom. The zero-order chi connectivity index (χ0) is 9.52. The molecule has 1 N–H and O–H groups in total. The van der Waals surface area contributed by atoms with Crippen molar-refractivity contribution in [3.05, 3.63) is 11.6 Å². The molecule has 0 unspecified atom stereocenters. The third kappa shape index (κ3) is 6.53. The normalized spacial score (nSPS) is 10.1. The zero-order valence-corrected chi connectivity index (χ0v) is 12.5. The van der Waals surface area contributed by atoms with Gasteiger partial charge in [0, 0.05) is 39.3 Å². The van der Waals surface area contributed by atoms with Gasteiger partial charge in [-0.1, -0.05) is 12.3 Å². The summed E-state index contributed by atoms with van der Waals surface area (Å²) in [6, 6.07) is 0. The second-order valence-electron chi connectivity index (χ2n) is 2.29. The van der Waals surface area contributed by atoms with Gasteiger partial charge in [-0.15, -0.1) is 6.20 Å². The van der Waals surface area contributed by atoms with Gasteiger partial charge in [0.15, 0.2) is 0 Å². The van der Waals surface area contributed by atoms with Crippen LogP contribution in [0, 0.1) is 6.20 Å². The zero-order valence-electron chi connectivity index (χ0n) is 8.06. The molecule has 0 saturated carbocycles. The number of thiazole rings is 1. The number of thioether (sulfide) groups is 1. The van der Waals surface area contributed by atoms with Crippen LogP contribution < -0.4 is 5.43 Å². The van der Waals surface area contributed by atoms with Gasteiger partial charge in [-0.05, 0) is 16.6 Å². The molecule has 1 aromatic rings. The summed E-state index contributed by atoms with van der Waals surface area (Å²) in [4.78, 5) is 5.61. The topological polar surface area (TPSA) is 28.2 Å². The van der Waals surface area contributed by atoms with Gasteiger partial charge in [-0.25, -0.2) is 11.3 Å². The molecule has 0 atom stereocenters. The summed E-state index contributed by atoms with van der Waals surface area (Å²) in [5.74, 6) is 0.967. The maximum atomic E-state index is 5.53. The van der Waals surface area contributed by atoms with E-state index in [1.807, 2.05) is 12.3 Å². The Hall–Kier alpha value is 1.07. The smallest absolute Gasteiger partial charge is 0.206 e. The summed E-state index contributed by atoms with van der Waals surface area (Å²) in [5.41, 5.74) is 3.05. The van der Waals surface area contributed by atoms with Crippen molar-refractivity contribution in [2.75, 3.05) is 18.8 Å². The third-order valence-corrected chi connectivity index (χ3v) is 3.26. The van der Waals surface area contributed by atoms with Gasteiger partial charge in [-0.2, -0.15) is 11.8 Å². The molecular formula is C7H11BN3S2Y-. The van der Waals surface area contributed by atoms with Crippen LogP contribution in [0.5, 0.6) is 0 Å². The first-order valence-corrected chi connectivity index (χ1v) is 5.89. The Bertz CT molecular complexity index is 223. The Morgan fingerprint density at radius 1 is 1.79 bits per heavy atom. The quantitative estimate of drug-likeness (QED) is 0.278. The summed E-state index contributed by atoms with van der Waals surface area (Å²) in [5, 5.41) is 1.86. The molecule has 0 aliphatic rings. The van der Waals surface area contributed by atoms with Crippen LogP contribution in [-0.4, -0.2) is 36.7 Å². The van der Waals surface area contributed by atoms with E-state index in [4.69, 9.17) is 7.98 Å². The van der Waals surface area contributed by atoms with E-state index < -0.39 is 0 Å². The van der Waals surface area contributed by atoms with Crippen molar-refractivity contribution in [2.45, 2.75) is 11.3 Å². The number of nitrogens with one attached hydrogen (secondary N) is 1. The van der Waals surface area contributed by atoms with Crippen molar-refractivity contribution in [2.24, 2.45) is 0 Å². The molecule has 1 heterocycles. The largest absolute Gasteiger partial charge is 0.437 e. The van der Waals surface area contributed by atoms with Gasteiger partial charge >= 0.3 is 0 Å².